The quantitative estimate of drug-likeness (QED) is 0.760. The van der Waals surface area contributed by atoms with Crippen LogP contribution < -0.4 is 11.1 Å². The van der Waals surface area contributed by atoms with E-state index in [1.54, 1.807) is 12.1 Å². The first kappa shape index (κ1) is 9.62. The van der Waals surface area contributed by atoms with Gasteiger partial charge in [0.2, 0.25) is 0 Å². The molecule has 1 aromatic rings. The number of benzene rings is 1. The molecule has 2 nitrogen and oxygen atoms in total. The van der Waals surface area contributed by atoms with E-state index in [0.29, 0.717) is 12.1 Å². The fourth-order valence-corrected chi connectivity index (χ4v) is 1.43. The van der Waals surface area contributed by atoms with Gasteiger partial charge >= 0.3 is 0 Å². The van der Waals surface area contributed by atoms with Gasteiger partial charge in [0, 0.05) is 24.2 Å². The van der Waals surface area contributed by atoms with Gasteiger partial charge in [-0.15, -0.1) is 0 Å². The lowest BCUT2D eigenvalue weighted by Gasteiger charge is -2.10. The van der Waals surface area contributed by atoms with Crippen molar-refractivity contribution in [2.24, 2.45) is 5.73 Å². The molecule has 0 unspecified atom stereocenters. The number of hydrogen-bond donors (Lipinski definition) is 2. The summed E-state index contributed by atoms with van der Waals surface area (Å²) in [7, 11) is 0. The lowest BCUT2D eigenvalue weighted by atomic mass is 10.2. The first-order chi connectivity index (χ1) is 6.70. The van der Waals surface area contributed by atoms with Crippen LogP contribution in [0.3, 0.4) is 0 Å². The summed E-state index contributed by atoms with van der Waals surface area (Å²) in [6.07, 6.45) is 2.16. The molecule has 0 heterocycles. The van der Waals surface area contributed by atoms with Crippen molar-refractivity contribution in [3.63, 3.8) is 0 Å². The van der Waals surface area contributed by atoms with E-state index >= 15 is 0 Å². The Morgan fingerprint density at radius 3 is 2.71 bits per heavy atom. The summed E-state index contributed by atoms with van der Waals surface area (Å²) in [6.45, 7) is 1.34. The second-order valence-corrected chi connectivity index (χ2v) is 4.06. The Morgan fingerprint density at radius 1 is 1.36 bits per heavy atom. The monoisotopic (exact) mass is 194 g/mol. The maximum absolute atomic E-state index is 13.2. The topological polar surface area (TPSA) is 38.0 Å². The molecule has 3 heteroatoms. The molecule has 0 bridgehead atoms. The predicted molar refractivity (Wildman–Crippen MR) is 54.3 cm³/mol. The zero-order valence-electron chi connectivity index (χ0n) is 8.09. The molecular weight excluding hydrogens is 179 g/mol. The Labute approximate surface area is 83.3 Å². The van der Waals surface area contributed by atoms with Crippen LogP contribution in [0.2, 0.25) is 0 Å². The van der Waals surface area contributed by atoms with Crippen LogP contribution in [0, 0.1) is 5.82 Å². The standard InChI is InChI=1S/C11H15FN2/c12-10-4-2-1-3-9(10)7-14-8-11(13)5-6-11/h1-4,14H,5-8,13H2. The molecule has 0 aliphatic heterocycles. The Kier molecular flexibility index (Phi) is 2.52. The molecule has 0 saturated heterocycles. The van der Waals surface area contributed by atoms with Crippen molar-refractivity contribution in [2.45, 2.75) is 24.9 Å². The third-order valence-electron chi connectivity index (χ3n) is 2.64. The van der Waals surface area contributed by atoms with Gasteiger partial charge in [-0.2, -0.15) is 0 Å². The zero-order valence-corrected chi connectivity index (χ0v) is 8.09. The molecule has 0 spiro atoms. The van der Waals surface area contributed by atoms with Gasteiger partial charge in [0.05, 0.1) is 0 Å². The van der Waals surface area contributed by atoms with Crippen molar-refractivity contribution >= 4 is 0 Å². The van der Waals surface area contributed by atoms with Crippen LogP contribution in [-0.2, 0) is 6.54 Å². The molecule has 3 N–H and O–H groups in total. The second-order valence-electron chi connectivity index (χ2n) is 4.06. The molecule has 0 aromatic heterocycles. The van der Waals surface area contributed by atoms with E-state index in [1.807, 2.05) is 6.07 Å². The van der Waals surface area contributed by atoms with Crippen molar-refractivity contribution in [3.8, 4) is 0 Å². The zero-order chi connectivity index (χ0) is 10.0. The van der Waals surface area contributed by atoms with Gasteiger partial charge in [-0.3, -0.25) is 0 Å². The molecule has 14 heavy (non-hydrogen) atoms. The highest BCUT2D eigenvalue weighted by molar-refractivity contribution is 5.17. The Bertz CT molecular complexity index is 321. The number of hydrogen-bond acceptors (Lipinski definition) is 2. The molecule has 1 fully saturated rings. The van der Waals surface area contributed by atoms with Gasteiger partial charge < -0.3 is 11.1 Å². The van der Waals surface area contributed by atoms with Gasteiger partial charge in [-0.25, -0.2) is 4.39 Å². The van der Waals surface area contributed by atoms with Gasteiger partial charge in [-0.05, 0) is 18.9 Å². The van der Waals surface area contributed by atoms with Crippen molar-refractivity contribution in [2.75, 3.05) is 6.54 Å². The van der Waals surface area contributed by atoms with Crippen molar-refractivity contribution in [3.05, 3.63) is 35.6 Å². The van der Waals surface area contributed by atoms with Crippen LogP contribution in [0.5, 0.6) is 0 Å². The van der Waals surface area contributed by atoms with Gasteiger partial charge in [0.25, 0.3) is 0 Å². The molecule has 1 aliphatic rings. The lowest BCUT2D eigenvalue weighted by Crippen LogP contribution is -2.35. The van der Waals surface area contributed by atoms with E-state index < -0.39 is 0 Å². The van der Waals surface area contributed by atoms with Crippen LogP contribution in [0.25, 0.3) is 0 Å². The van der Waals surface area contributed by atoms with Crippen LogP contribution in [0.4, 0.5) is 4.39 Å². The molecule has 1 aliphatic carbocycles. The minimum atomic E-state index is -0.151. The number of nitrogens with two attached hydrogens (primary N) is 1. The van der Waals surface area contributed by atoms with Crippen LogP contribution in [-0.4, -0.2) is 12.1 Å². The van der Waals surface area contributed by atoms with Crippen molar-refractivity contribution < 1.29 is 4.39 Å². The van der Waals surface area contributed by atoms with E-state index in [4.69, 9.17) is 5.73 Å². The summed E-state index contributed by atoms with van der Waals surface area (Å²) in [6, 6.07) is 6.81. The minimum Gasteiger partial charge on any atom is -0.324 e. The number of rotatable bonds is 4. The third kappa shape index (κ3) is 2.30. The van der Waals surface area contributed by atoms with E-state index in [-0.39, 0.29) is 11.4 Å². The average Bonchev–Trinajstić information content (AvgIpc) is 2.88. The largest absolute Gasteiger partial charge is 0.324 e. The first-order valence-electron chi connectivity index (χ1n) is 4.93. The maximum Gasteiger partial charge on any atom is 0.127 e. The van der Waals surface area contributed by atoms with Crippen molar-refractivity contribution in [1.29, 1.82) is 0 Å². The van der Waals surface area contributed by atoms with Crippen LogP contribution in [0.1, 0.15) is 18.4 Å². The summed E-state index contributed by atoms with van der Waals surface area (Å²) in [5.74, 6) is -0.151. The fourth-order valence-electron chi connectivity index (χ4n) is 1.43. The molecule has 76 valence electrons. The van der Waals surface area contributed by atoms with E-state index in [0.717, 1.165) is 19.4 Å². The summed E-state index contributed by atoms with van der Waals surface area (Å²) < 4.78 is 13.2. The minimum absolute atomic E-state index is 0.00867. The molecule has 0 atom stereocenters. The van der Waals surface area contributed by atoms with Gasteiger partial charge in [0.15, 0.2) is 0 Å². The number of nitrogens with one attached hydrogen (secondary N) is 1. The molecular formula is C11H15FN2. The van der Waals surface area contributed by atoms with E-state index in [9.17, 15) is 4.39 Å². The molecule has 1 saturated carbocycles. The Balaban J connectivity index is 1.83. The summed E-state index contributed by atoms with van der Waals surface area (Å²) >= 11 is 0. The lowest BCUT2D eigenvalue weighted by molar-refractivity contribution is 0.546. The molecule has 0 radical (unpaired) electrons. The smallest absolute Gasteiger partial charge is 0.127 e. The Morgan fingerprint density at radius 2 is 2.07 bits per heavy atom. The second kappa shape index (κ2) is 3.67. The van der Waals surface area contributed by atoms with Crippen LogP contribution in [0.15, 0.2) is 24.3 Å². The van der Waals surface area contributed by atoms with Gasteiger partial charge in [-0.1, -0.05) is 18.2 Å². The van der Waals surface area contributed by atoms with Crippen LogP contribution >= 0.6 is 0 Å². The fraction of sp³-hybridized carbons (Fsp3) is 0.455. The summed E-state index contributed by atoms with van der Waals surface area (Å²) in [5, 5.41) is 3.18. The molecule has 0 amide bonds. The average molecular weight is 194 g/mol. The third-order valence-corrected chi connectivity index (χ3v) is 2.64. The number of halogens is 1. The summed E-state index contributed by atoms with van der Waals surface area (Å²) in [5.41, 5.74) is 6.59. The highest BCUT2D eigenvalue weighted by atomic mass is 19.1. The highest BCUT2D eigenvalue weighted by Gasteiger charge is 2.37. The Hall–Kier alpha value is -0.930. The predicted octanol–water partition coefficient (Wildman–Crippen LogP) is 1.41. The van der Waals surface area contributed by atoms with Gasteiger partial charge in [0.1, 0.15) is 5.82 Å². The van der Waals surface area contributed by atoms with E-state index in [1.165, 1.54) is 6.07 Å². The van der Waals surface area contributed by atoms with E-state index in [2.05, 4.69) is 5.32 Å². The molecule has 2 rings (SSSR count). The normalized spacial score (nSPS) is 18.1. The summed E-state index contributed by atoms with van der Waals surface area (Å²) in [4.78, 5) is 0. The highest BCUT2D eigenvalue weighted by Crippen LogP contribution is 2.31. The SMILES string of the molecule is NC1(CNCc2ccccc2F)CC1. The maximum atomic E-state index is 13.2. The van der Waals surface area contributed by atoms with Crippen molar-refractivity contribution in [1.82, 2.24) is 5.32 Å². The molecule has 1 aromatic carbocycles. The first-order valence-corrected chi connectivity index (χ1v) is 4.93.